The molecule has 142 valence electrons. The molecule has 0 radical (unpaired) electrons. The van der Waals surface area contributed by atoms with Gasteiger partial charge in [-0.15, -0.1) is 0 Å². The van der Waals surface area contributed by atoms with E-state index in [9.17, 15) is 4.79 Å². The van der Waals surface area contributed by atoms with Gasteiger partial charge in [-0.05, 0) is 78.8 Å². The molecule has 4 rings (SSSR count). The Hall–Kier alpha value is -1.58. The van der Waals surface area contributed by atoms with Crippen molar-refractivity contribution in [2.75, 3.05) is 5.32 Å². The van der Waals surface area contributed by atoms with Crippen LogP contribution in [-0.4, -0.2) is 10.9 Å². The topological polar surface area (TPSA) is 42.0 Å². The Bertz CT molecular complexity index is 884. The van der Waals surface area contributed by atoms with Gasteiger partial charge in [-0.1, -0.05) is 37.0 Å². The number of carbonyl (C=O) groups excluding carboxylic acids is 1. The van der Waals surface area contributed by atoms with Gasteiger partial charge in [0.1, 0.15) is 0 Å². The van der Waals surface area contributed by atoms with Crippen LogP contribution in [0.3, 0.4) is 0 Å². The van der Waals surface area contributed by atoms with Crippen LogP contribution in [0.2, 0.25) is 10.0 Å². The number of hydrogen-bond donors (Lipinski definition) is 1. The van der Waals surface area contributed by atoms with E-state index in [0.29, 0.717) is 39.4 Å². The van der Waals surface area contributed by atoms with E-state index in [-0.39, 0.29) is 17.7 Å². The van der Waals surface area contributed by atoms with E-state index in [2.05, 4.69) is 36.3 Å². The van der Waals surface area contributed by atoms with Crippen LogP contribution in [0.5, 0.6) is 0 Å². The second-order valence-electron chi connectivity index (χ2n) is 8.18. The van der Waals surface area contributed by atoms with Crippen LogP contribution in [-0.2, 0) is 4.79 Å². The quantitative estimate of drug-likeness (QED) is 0.687. The third-order valence-corrected chi connectivity index (χ3v) is 7.57. The normalized spacial score (nSPS) is 31.9. The Morgan fingerprint density at radius 2 is 1.81 bits per heavy atom. The molecule has 2 aliphatic carbocycles. The summed E-state index contributed by atoms with van der Waals surface area (Å²) in [6.07, 6.45) is 2.98. The molecule has 1 N–H and O–H groups in total. The number of pyridine rings is 1. The summed E-state index contributed by atoms with van der Waals surface area (Å²) in [4.78, 5) is 17.7. The zero-order valence-electron chi connectivity index (χ0n) is 15.7. The van der Waals surface area contributed by atoms with Gasteiger partial charge in [0.2, 0.25) is 5.91 Å². The van der Waals surface area contributed by atoms with Gasteiger partial charge >= 0.3 is 0 Å². The van der Waals surface area contributed by atoms with Crippen LogP contribution in [0.15, 0.2) is 36.5 Å². The Kier molecular flexibility index (Phi) is 4.94. The second-order valence-corrected chi connectivity index (χ2v) is 9.00. The molecule has 2 aromatic rings. The van der Waals surface area contributed by atoms with Crippen molar-refractivity contribution in [1.29, 1.82) is 0 Å². The minimum Gasteiger partial charge on any atom is -0.326 e. The first-order valence-corrected chi connectivity index (χ1v) is 10.3. The first-order chi connectivity index (χ1) is 12.9. The summed E-state index contributed by atoms with van der Waals surface area (Å²) < 4.78 is 0. The van der Waals surface area contributed by atoms with Gasteiger partial charge in [0.25, 0.3) is 0 Å². The molecule has 6 atom stereocenters. The standard InChI is InChI=1S/C22H24Cl2N2O/c1-11-8-14(6-7-25-11)20-16-10-17(13(3)12(16)2)21(20)22(27)26-15-4-5-18(23)19(24)9-15/h4-9,12-13,16-17,20-21H,10H2,1-3H3,(H,26,27). The minimum atomic E-state index is -0.0301. The highest BCUT2D eigenvalue weighted by molar-refractivity contribution is 6.42. The maximum Gasteiger partial charge on any atom is 0.228 e. The van der Waals surface area contributed by atoms with Crippen LogP contribution in [0.25, 0.3) is 0 Å². The number of anilines is 1. The number of carbonyl (C=O) groups is 1. The zero-order valence-corrected chi connectivity index (χ0v) is 17.3. The molecule has 5 heteroatoms. The molecule has 1 aromatic heterocycles. The average Bonchev–Trinajstić information content (AvgIpc) is 3.15. The van der Waals surface area contributed by atoms with Crippen molar-refractivity contribution in [1.82, 2.24) is 4.98 Å². The van der Waals surface area contributed by atoms with Gasteiger partial charge in [-0.3, -0.25) is 9.78 Å². The highest BCUT2D eigenvalue weighted by Gasteiger charge is 2.57. The number of fused-ring (bicyclic) bond motifs is 2. The fourth-order valence-corrected chi connectivity index (χ4v) is 5.69. The SMILES string of the molecule is Cc1cc(C2C3CC(C(C)C3C)C2C(=O)Nc2ccc(Cl)c(Cl)c2)ccn1. The number of aryl methyl sites for hydroxylation is 1. The van der Waals surface area contributed by atoms with Gasteiger partial charge in [0, 0.05) is 23.5 Å². The first-order valence-electron chi connectivity index (χ1n) is 9.55. The van der Waals surface area contributed by atoms with Crippen molar-refractivity contribution in [3.8, 4) is 0 Å². The number of aromatic nitrogens is 1. The van der Waals surface area contributed by atoms with E-state index < -0.39 is 0 Å². The molecule has 2 saturated carbocycles. The number of amides is 1. The van der Waals surface area contributed by atoms with Crippen molar-refractivity contribution < 1.29 is 4.79 Å². The van der Waals surface area contributed by atoms with Crippen molar-refractivity contribution in [3.63, 3.8) is 0 Å². The van der Waals surface area contributed by atoms with Gasteiger partial charge in [0.15, 0.2) is 0 Å². The van der Waals surface area contributed by atoms with Gasteiger partial charge in [0.05, 0.1) is 10.0 Å². The maximum atomic E-state index is 13.3. The fourth-order valence-electron chi connectivity index (χ4n) is 5.39. The Morgan fingerprint density at radius 1 is 1.07 bits per heavy atom. The highest BCUT2D eigenvalue weighted by Crippen LogP contribution is 2.61. The number of halogens is 2. The summed E-state index contributed by atoms with van der Waals surface area (Å²) >= 11 is 12.1. The molecule has 0 spiro atoms. The highest BCUT2D eigenvalue weighted by atomic mass is 35.5. The lowest BCUT2D eigenvalue weighted by Gasteiger charge is -2.38. The van der Waals surface area contributed by atoms with E-state index in [1.54, 1.807) is 18.2 Å². The van der Waals surface area contributed by atoms with Crippen LogP contribution in [0, 0.1) is 36.5 Å². The lowest BCUT2D eigenvalue weighted by atomic mass is 9.67. The van der Waals surface area contributed by atoms with Gasteiger partial charge in [-0.2, -0.15) is 0 Å². The van der Waals surface area contributed by atoms with E-state index in [1.165, 1.54) is 5.56 Å². The number of rotatable bonds is 3. The molecule has 1 aromatic carbocycles. The van der Waals surface area contributed by atoms with E-state index in [1.807, 2.05) is 13.1 Å². The lowest BCUT2D eigenvalue weighted by Crippen LogP contribution is -2.38. The van der Waals surface area contributed by atoms with Crippen molar-refractivity contribution in [3.05, 3.63) is 57.8 Å². The maximum absolute atomic E-state index is 13.3. The molecule has 0 saturated heterocycles. The molecule has 3 nitrogen and oxygen atoms in total. The molecule has 1 heterocycles. The molecule has 2 bridgehead atoms. The molecular weight excluding hydrogens is 379 g/mol. The summed E-state index contributed by atoms with van der Waals surface area (Å²) in [5.41, 5.74) is 2.94. The van der Waals surface area contributed by atoms with Gasteiger partial charge < -0.3 is 5.32 Å². The Morgan fingerprint density at radius 3 is 2.52 bits per heavy atom. The number of nitrogens with one attached hydrogen (secondary N) is 1. The average molecular weight is 403 g/mol. The van der Waals surface area contributed by atoms with Crippen LogP contribution >= 0.6 is 23.2 Å². The summed E-state index contributed by atoms with van der Waals surface area (Å²) in [5.74, 6) is 2.42. The van der Waals surface area contributed by atoms with E-state index >= 15 is 0 Å². The summed E-state index contributed by atoms with van der Waals surface area (Å²) in [5, 5.41) is 4.03. The zero-order chi connectivity index (χ0) is 19.3. The number of nitrogens with zero attached hydrogens (tertiary/aromatic N) is 1. The lowest BCUT2D eigenvalue weighted by molar-refractivity contribution is -0.123. The molecular formula is C22H24Cl2N2O. The molecule has 1 amide bonds. The summed E-state index contributed by atoms with van der Waals surface area (Å²) in [6.45, 7) is 6.64. The van der Waals surface area contributed by atoms with Crippen LogP contribution in [0.4, 0.5) is 5.69 Å². The van der Waals surface area contributed by atoms with Crippen molar-refractivity contribution in [2.45, 2.75) is 33.1 Å². The predicted molar refractivity (Wildman–Crippen MR) is 110 cm³/mol. The number of benzene rings is 1. The van der Waals surface area contributed by atoms with Crippen LogP contribution in [0.1, 0.15) is 37.4 Å². The van der Waals surface area contributed by atoms with Crippen molar-refractivity contribution >= 4 is 34.8 Å². The van der Waals surface area contributed by atoms with Crippen LogP contribution < -0.4 is 5.32 Å². The van der Waals surface area contributed by atoms with Gasteiger partial charge in [-0.25, -0.2) is 0 Å². The van der Waals surface area contributed by atoms with E-state index in [4.69, 9.17) is 23.2 Å². The molecule has 27 heavy (non-hydrogen) atoms. The largest absolute Gasteiger partial charge is 0.326 e. The van der Waals surface area contributed by atoms with Crippen molar-refractivity contribution in [2.24, 2.45) is 29.6 Å². The molecule has 2 fully saturated rings. The molecule has 2 aliphatic rings. The minimum absolute atomic E-state index is 0.0301. The Labute approximate surface area is 170 Å². The fraction of sp³-hybridized carbons (Fsp3) is 0.455. The third kappa shape index (κ3) is 3.25. The Balaban J connectivity index is 1.65. The van der Waals surface area contributed by atoms with E-state index in [0.717, 1.165) is 12.1 Å². The molecule has 6 unspecified atom stereocenters. The summed E-state index contributed by atoms with van der Waals surface area (Å²) in [7, 11) is 0. The second kappa shape index (κ2) is 7.10. The summed E-state index contributed by atoms with van der Waals surface area (Å²) in [6, 6.07) is 9.45. The first kappa shape index (κ1) is 18.8. The number of hydrogen-bond acceptors (Lipinski definition) is 2. The third-order valence-electron chi connectivity index (χ3n) is 6.83. The monoisotopic (exact) mass is 402 g/mol. The molecule has 0 aliphatic heterocycles. The smallest absolute Gasteiger partial charge is 0.228 e. The predicted octanol–water partition coefficient (Wildman–Crippen LogP) is 5.96.